The van der Waals surface area contributed by atoms with Gasteiger partial charge in [-0.1, -0.05) is 23.8 Å². The van der Waals surface area contributed by atoms with E-state index in [0.717, 1.165) is 32.8 Å². The van der Waals surface area contributed by atoms with Gasteiger partial charge >= 0.3 is 0 Å². The van der Waals surface area contributed by atoms with Crippen molar-refractivity contribution in [3.05, 3.63) is 89.8 Å². The fraction of sp³-hybridized carbons (Fsp3) is 0.0417. The second-order valence-corrected chi connectivity index (χ2v) is 7.82. The van der Waals surface area contributed by atoms with Gasteiger partial charge in [-0.05, 0) is 49.4 Å². The van der Waals surface area contributed by atoms with E-state index in [1.807, 2.05) is 66.9 Å². The molecule has 0 atom stereocenters. The lowest BCUT2D eigenvalue weighted by atomic mass is 10.1. The maximum atomic E-state index is 12.7. The lowest BCUT2D eigenvalue weighted by Crippen LogP contribution is -2.10. The molecular weight excluding hydrogens is 394 g/mol. The van der Waals surface area contributed by atoms with E-state index in [-0.39, 0.29) is 11.7 Å². The molecule has 5 nitrogen and oxygen atoms in total. The third kappa shape index (κ3) is 3.60. The van der Waals surface area contributed by atoms with Crippen molar-refractivity contribution in [1.82, 2.24) is 9.97 Å². The van der Waals surface area contributed by atoms with Crippen LogP contribution < -0.4 is 5.32 Å². The average molecular weight is 411 g/mol. The van der Waals surface area contributed by atoms with Crippen LogP contribution in [0.1, 0.15) is 16.1 Å². The molecule has 0 aliphatic rings. The van der Waals surface area contributed by atoms with Crippen LogP contribution >= 0.6 is 11.3 Å². The van der Waals surface area contributed by atoms with E-state index in [0.29, 0.717) is 11.3 Å². The van der Waals surface area contributed by atoms with Crippen molar-refractivity contribution >= 4 is 33.9 Å². The Morgan fingerprint density at radius 1 is 1.03 bits per heavy atom. The molecule has 3 aromatic heterocycles. The van der Waals surface area contributed by atoms with Crippen LogP contribution in [-0.4, -0.2) is 15.9 Å². The second-order valence-electron chi connectivity index (χ2n) is 6.97. The monoisotopic (exact) mass is 411 g/mol. The van der Waals surface area contributed by atoms with Crippen LogP contribution in [0.3, 0.4) is 0 Å². The third-order valence-electron chi connectivity index (χ3n) is 4.72. The minimum atomic E-state index is -0.282. The van der Waals surface area contributed by atoms with Crippen LogP contribution in [0, 0.1) is 6.92 Å². The molecule has 0 unspecified atom stereocenters. The topological polar surface area (TPSA) is 68.0 Å². The van der Waals surface area contributed by atoms with Crippen LogP contribution in [-0.2, 0) is 0 Å². The summed E-state index contributed by atoms with van der Waals surface area (Å²) < 4.78 is 5.70. The summed E-state index contributed by atoms with van der Waals surface area (Å²) in [6.07, 6.45) is 3.54. The zero-order chi connectivity index (χ0) is 20.5. The van der Waals surface area contributed by atoms with Crippen LogP contribution in [0.15, 0.2) is 82.9 Å². The number of nitrogens with zero attached hydrogens (tertiary/aromatic N) is 2. The molecule has 2 aromatic carbocycles. The molecule has 0 saturated carbocycles. The molecule has 5 rings (SSSR count). The summed E-state index contributed by atoms with van der Waals surface area (Å²) in [5, 5.41) is 6.74. The van der Waals surface area contributed by atoms with E-state index in [1.54, 1.807) is 29.8 Å². The van der Waals surface area contributed by atoms with E-state index >= 15 is 0 Å². The molecule has 3 heterocycles. The smallest absolute Gasteiger partial charge is 0.291 e. The number of fused-ring (bicyclic) bond motifs is 1. The number of hydrogen-bond donors (Lipinski definition) is 1. The molecule has 5 aromatic rings. The standard InChI is InChI=1S/C24H17N3O2S/c1-15-7-8-21-18(10-15)12-22(29-21)23(28)26-19-6-2-4-16(11-19)20-14-30-24(27-20)17-5-3-9-25-13-17/h2-14H,1H3,(H,26,28). The van der Waals surface area contributed by atoms with Crippen LogP contribution in [0.2, 0.25) is 0 Å². The molecule has 1 amide bonds. The number of thiazole rings is 1. The van der Waals surface area contributed by atoms with Gasteiger partial charge in [0.15, 0.2) is 5.76 Å². The zero-order valence-corrected chi connectivity index (χ0v) is 16.9. The molecule has 0 bridgehead atoms. The number of anilines is 1. The second kappa shape index (κ2) is 7.57. The van der Waals surface area contributed by atoms with E-state index in [4.69, 9.17) is 9.40 Å². The third-order valence-corrected chi connectivity index (χ3v) is 5.62. The number of nitrogens with one attached hydrogen (secondary N) is 1. The summed E-state index contributed by atoms with van der Waals surface area (Å²) in [6, 6.07) is 19.1. The van der Waals surface area contributed by atoms with E-state index in [2.05, 4.69) is 10.3 Å². The fourth-order valence-electron chi connectivity index (χ4n) is 3.25. The molecule has 30 heavy (non-hydrogen) atoms. The van der Waals surface area contributed by atoms with Gasteiger partial charge in [0, 0.05) is 40.0 Å². The van der Waals surface area contributed by atoms with Gasteiger partial charge in [0.2, 0.25) is 0 Å². The highest BCUT2D eigenvalue weighted by molar-refractivity contribution is 7.13. The van der Waals surface area contributed by atoms with Crippen molar-refractivity contribution in [1.29, 1.82) is 0 Å². The number of aromatic nitrogens is 2. The Labute approximate surface area is 177 Å². The highest BCUT2D eigenvalue weighted by Gasteiger charge is 2.14. The Kier molecular flexibility index (Phi) is 4.61. The number of carbonyl (C=O) groups is 1. The Morgan fingerprint density at radius 3 is 2.80 bits per heavy atom. The maximum Gasteiger partial charge on any atom is 0.291 e. The summed E-state index contributed by atoms with van der Waals surface area (Å²) in [5.74, 6) is 0.00357. The molecule has 146 valence electrons. The van der Waals surface area contributed by atoms with Gasteiger partial charge in [0.25, 0.3) is 5.91 Å². The summed E-state index contributed by atoms with van der Waals surface area (Å²) in [7, 11) is 0. The van der Waals surface area contributed by atoms with Crippen molar-refractivity contribution in [3.8, 4) is 21.8 Å². The molecule has 1 N–H and O–H groups in total. The molecular formula is C24H17N3O2S. The quantitative estimate of drug-likeness (QED) is 0.383. The van der Waals surface area contributed by atoms with E-state index in [9.17, 15) is 4.79 Å². The molecule has 0 fully saturated rings. The summed E-state index contributed by atoms with van der Waals surface area (Å²) in [4.78, 5) is 21.5. The van der Waals surface area contributed by atoms with E-state index < -0.39 is 0 Å². The molecule has 0 radical (unpaired) electrons. The van der Waals surface area contributed by atoms with Gasteiger partial charge < -0.3 is 9.73 Å². The highest BCUT2D eigenvalue weighted by Crippen LogP contribution is 2.30. The maximum absolute atomic E-state index is 12.7. The predicted octanol–water partition coefficient (Wildman–Crippen LogP) is 6.18. The Hall–Kier alpha value is -3.77. The van der Waals surface area contributed by atoms with Gasteiger partial charge in [-0.3, -0.25) is 9.78 Å². The van der Waals surface area contributed by atoms with Crippen molar-refractivity contribution in [2.45, 2.75) is 6.92 Å². The number of amides is 1. The predicted molar refractivity (Wildman–Crippen MR) is 120 cm³/mol. The first-order chi connectivity index (χ1) is 14.7. The zero-order valence-electron chi connectivity index (χ0n) is 16.1. The minimum absolute atomic E-state index is 0.282. The molecule has 0 aliphatic heterocycles. The first kappa shape index (κ1) is 18.3. The number of hydrogen-bond acceptors (Lipinski definition) is 5. The normalized spacial score (nSPS) is 11.0. The highest BCUT2D eigenvalue weighted by atomic mass is 32.1. The fourth-order valence-corrected chi connectivity index (χ4v) is 4.07. The van der Waals surface area contributed by atoms with Crippen molar-refractivity contribution < 1.29 is 9.21 Å². The van der Waals surface area contributed by atoms with Gasteiger partial charge in [-0.15, -0.1) is 11.3 Å². The lowest BCUT2D eigenvalue weighted by molar-refractivity contribution is 0.0998. The Morgan fingerprint density at radius 2 is 1.93 bits per heavy atom. The average Bonchev–Trinajstić information content (AvgIpc) is 3.42. The van der Waals surface area contributed by atoms with Crippen molar-refractivity contribution in [2.24, 2.45) is 0 Å². The summed E-state index contributed by atoms with van der Waals surface area (Å²) >= 11 is 1.56. The van der Waals surface area contributed by atoms with Gasteiger partial charge in [0.1, 0.15) is 10.6 Å². The van der Waals surface area contributed by atoms with Gasteiger partial charge in [-0.2, -0.15) is 0 Å². The molecule has 0 aliphatic carbocycles. The number of rotatable bonds is 4. The van der Waals surface area contributed by atoms with Crippen molar-refractivity contribution in [2.75, 3.05) is 5.32 Å². The van der Waals surface area contributed by atoms with Gasteiger partial charge in [-0.25, -0.2) is 4.98 Å². The van der Waals surface area contributed by atoms with Gasteiger partial charge in [0.05, 0.1) is 5.69 Å². The number of pyridine rings is 1. The Balaban J connectivity index is 1.38. The number of benzene rings is 2. The van der Waals surface area contributed by atoms with E-state index in [1.165, 1.54) is 0 Å². The van der Waals surface area contributed by atoms with Crippen LogP contribution in [0.25, 0.3) is 32.8 Å². The lowest BCUT2D eigenvalue weighted by Gasteiger charge is -2.05. The minimum Gasteiger partial charge on any atom is -0.451 e. The van der Waals surface area contributed by atoms with Crippen LogP contribution in [0.4, 0.5) is 5.69 Å². The SMILES string of the molecule is Cc1ccc2oc(C(=O)Nc3cccc(-c4csc(-c5cccnc5)n4)c3)cc2c1. The summed E-state index contributed by atoms with van der Waals surface area (Å²) in [6.45, 7) is 2.01. The number of furan rings is 1. The first-order valence-corrected chi connectivity index (χ1v) is 10.3. The van der Waals surface area contributed by atoms with Crippen LogP contribution in [0.5, 0.6) is 0 Å². The first-order valence-electron chi connectivity index (χ1n) is 9.44. The molecule has 0 saturated heterocycles. The number of carbonyl (C=O) groups excluding carboxylic acids is 1. The molecule has 6 heteroatoms. The Bertz CT molecular complexity index is 1360. The number of aryl methyl sites for hydroxylation is 1. The molecule has 0 spiro atoms. The largest absolute Gasteiger partial charge is 0.451 e. The van der Waals surface area contributed by atoms with Crippen molar-refractivity contribution in [3.63, 3.8) is 0 Å². The summed E-state index contributed by atoms with van der Waals surface area (Å²) in [5.41, 5.74) is 5.28.